The lowest BCUT2D eigenvalue weighted by molar-refractivity contribution is 0.231. The Kier molecular flexibility index (Phi) is 5.45. The van der Waals surface area contributed by atoms with E-state index >= 15 is 0 Å². The van der Waals surface area contributed by atoms with Gasteiger partial charge in [-0.05, 0) is 12.8 Å². The van der Waals surface area contributed by atoms with E-state index in [0.29, 0.717) is 5.92 Å². The van der Waals surface area contributed by atoms with Crippen LogP contribution in [0, 0.1) is 5.92 Å². The molecule has 0 radical (unpaired) electrons. The van der Waals surface area contributed by atoms with Crippen LogP contribution in [0.1, 0.15) is 33.6 Å². The standard InChI is InChI=1S/C8H19N3O/c1-4-7(5-2)6(3)10-8(12)11-9/h6-7H,4-5,9H2,1-3H3,(H2,10,11,12). The van der Waals surface area contributed by atoms with Crippen molar-refractivity contribution < 1.29 is 4.79 Å². The van der Waals surface area contributed by atoms with Gasteiger partial charge in [0.15, 0.2) is 0 Å². The molecule has 0 aromatic rings. The molecular weight excluding hydrogens is 154 g/mol. The Balaban J connectivity index is 3.83. The number of hydrazine groups is 1. The number of amides is 2. The van der Waals surface area contributed by atoms with Gasteiger partial charge in [-0.1, -0.05) is 26.7 Å². The number of carbonyl (C=O) groups excluding carboxylic acids is 1. The monoisotopic (exact) mass is 173 g/mol. The van der Waals surface area contributed by atoms with Gasteiger partial charge in [0.1, 0.15) is 0 Å². The van der Waals surface area contributed by atoms with Crippen LogP contribution in [-0.4, -0.2) is 12.1 Å². The number of urea groups is 1. The van der Waals surface area contributed by atoms with Crippen molar-refractivity contribution in [2.24, 2.45) is 11.8 Å². The Morgan fingerprint density at radius 1 is 1.42 bits per heavy atom. The van der Waals surface area contributed by atoms with Gasteiger partial charge >= 0.3 is 6.03 Å². The highest BCUT2D eigenvalue weighted by molar-refractivity contribution is 5.73. The summed E-state index contributed by atoms with van der Waals surface area (Å²) in [4.78, 5) is 10.8. The van der Waals surface area contributed by atoms with Crippen molar-refractivity contribution in [2.75, 3.05) is 0 Å². The highest BCUT2D eigenvalue weighted by Crippen LogP contribution is 2.11. The van der Waals surface area contributed by atoms with E-state index < -0.39 is 0 Å². The molecule has 0 fully saturated rings. The predicted octanol–water partition coefficient (Wildman–Crippen LogP) is 0.984. The van der Waals surface area contributed by atoms with Crippen molar-refractivity contribution in [2.45, 2.75) is 39.7 Å². The molecule has 12 heavy (non-hydrogen) atoms. The maximum Gasteiger partial charge on any atom is 0.329 e. The van der Waals surface area contributed by atoms with E-state index in [1.807, 2.05) is 12.3 Å². The molecule has 2 amide bonds. The Bertz CT molecular complexity index is 134. The molecule has 0 aliphatic heterocycles. The number of nitrogens with one attached hydrogen (secondary N) is 2. The van der Waals surface area contributed by atoms with Crippen LogP contribution >= 0.6 is 0 Å². The van der Waals surface area contributed by atoms with Crippen LogP contribution in [0.3, 0.4) is 0 Å². The number of hydrogen-bond acceptors (Lipinski definition) is 2. The van der Waals surface area contributed by atoms with Crippen molar-refractivity contribution in [3.8, 4) is 0 Å². The summed E-state index contributed by atoms with van der Waals surface area (Å²) >= 11 is 0. The first-order chi connectivity index (χ1) is 5.65. The summed E-state index contributed by atoms with van der Waals surface area (Å²) in [5.41, 5.74) is 2.05. The van der Waals surface area contributed by atoms with Crippen molar-refractivity contribution in [1.82, 2.24) is 10.7 Å². The minimum absolute atomic E-state index is 0.184. The third-order valence-electron chi connectivity index (χ3n) is 2.25. The van der Waals surface area contributed by atoms with E-state index in [2.05, 4.69) is 19.2 Å². The fourth-order valence-corrected chi connectivity index (χ4v) is 1.36. The van der Waals surface area contributed by atoms with E-state index in [-0.39, 0.29) is 12.1 Å². The average Bonchev–Trinajstić information content (AvgIpc) is 2.06. The topological polar surface area (TPSA) is 67.2 Å². The van der Waals surface area contributed by atoms with Crippen molar-refractivity contribution in [3.05, 3.63) is 0 Å². The van der Waals surface area contributed by atoms with Crippen LogP contribution < -0.4 is 16.6 Å². The molecule has 4 nitrogen and oxygen atoms in total. The second kappa shape index (κ2) is 5.83. The van der Waals surface area contributed by atoms with Gasteiger partial charge in [-0.25, -0.2) is 10.6 Å². The molecule has 1 unspecified atom stereocenters. The molecule has 0 saturated carbocycles. The predicted molar refractivity (Wildman–Crippen MR) is 49.4 cm³/mol. The highest BCUT2D eigenvalue weighted by Gasteiger charge is 2.14. The van der Waals surface area contributed by atoms with Gasteiger partial charge < -0.3 is 5.32 Å². The first kappa shape index (κ1) is 11.2. The molecule has 0 bridgehead atoms. The van der Waals surface area contributed by atoms with E-state index in [9.17, 15) is 4.79 Å². The van der Waals surface area contributed by atoms with Gasteiger partial charge in [0, 0.05) is 6.04 Å². The molecule has 0 aromatic carbocycles. The molecule has 4 N–H and O–H groups in total. The van der Waals surface area contributed by atoms with E-state index in [4.69, 9.17) is 5.84 Å². The first-order valence-corrected chi connectivity index (χ1v) is 4.42. The third kappa shape index (κ3) is 3.57. The quantitative estimate of drug-likeness (QED) is 0.337. The third-order valence-corrected chi connectivity index (χ3v) is 2.25. The highest BCUT2D eigenvalue weighted by atomic mass is 16.2. The van der Waals surface area contributed by atoms with Crippen molar-refractivity contribution in [1.29, 1.82) is 0 Å². The lowest BCUT2D eigenvalue weighted by atomic mass is 9.96. The Morgan fingerprint density at radius 2 is 1.92 bits per heavy atom. The van der Waals surface area contributed by atoms with E-state index in [0.717, 1.165) is 12.8 Å². The zero-order chi connectivity index (χ0) is 9.56. The zero-order valence-corrected chi connectivity index (χ0v) is 8.05. The summed E-state index contributed by atoms with van der Waals surface area (Å²) in [6, 6.07) is -0.127. The van der Waals surface area contributed by atoms with Gasteiger partial charge in [0.05, 0.1) is 0 Å². The van der Waals surface area contributed by atoms with Crippen LogP contribution in [0.25, 0.3) is 0 Å². The minimum Gasteiger partial charge on any atom is -0.334 e. The summed E-state index contributed by atoms with van der Waals surface area (Å²) in [5.74, 6) is 5.47. The summed E-state index contributed by atoms with van der Waals surface area (Å²) < 4.78 is 0. The molecule has 0 saturated heterocycles. The van der Waals surface area contributed by atoms with Crippen LogP contribution in [-0.2, 0) is 0 Å². The fourth-order valence-electron chi connectivity index (χ4n) is 1.36. The number of rotatable bonds is 4. The number of hydrogen-bond donors (Lipinski definition) is 3. The minimum atomic E-state index is -0.311. The smallest absolute Gasteiger partial charge is 0.329 e. The lowest BCUT2D eigenvalue weighted by Crippen LogP contribution is -2.46. The van der Waals surface area contributed by atoms with E-state index in [1.54, 1.807) is 0 Å². The largest absolute Gasteiger partial charge is 0.334 e. The molecule has 0 heterocycles. The van der Waals surface area contributed by atoms with Crippen molar-refractivity contribution >= 4 is 6.03 Å². The Hall–Kier alpha value is -0.770. The average molecular weight is 173 g/mol. The molecule has 0 aliphatic carbocycles. The molecule has 0 spiro atoms. The summed E-state index contributed by atoms with van der Waals surface area (Å²) in [7, 11) is 0. The van der Waals surface area contributed by atoms with Crippen LogP contribution in [0.4, 0.5) is 4.79 Å². The molecule has 0 aromatic heterocycles. The van der Waals surface area contributed by atoms with Crippen molar-refractivity contribution in [3.63, 3.8) is 0 Å². The van der Waals surface area contributed by atoms with Crippen LogP contribution in [0.15, 0.2) is 0 Å². The summed E-state index contributed by atoms with van der Waals surface area (Å²) in [6.07, 6.45) is 2.14. The van der Waals surface area contributed by atoms with Crippen LogP contribution in [0.2, 0.25) is 0 Å². The summed E-state index contributed by atoms with van der Waals surface area (Å²) in [6.45, 7) is 6.23. The van der Waals surface area contributed by atoms with Crippen LogP contribution in [0.5, 0.6) is 0 Å². The molecule has 0 rings (SSSR count). The van der Waals surface area contributed by atoms with Gasteiger partial charge in [-0.3, -0.25) is 5.43 Å². The maximum absolute atomic E-state index is 10.8. The van der Waals surface area contributed by atoms with Gasteiger partial charge in [0.2, 0.25) is 0 Å². The molecule has 72 valence electrons. The Labute approximate surface area is 73.9 Å². The van der Waals surface area contributed by atoms with E-state index in [1.165, 1.54) is 0 Å². The summed E-state index contributed by atoms with van der Waals surface area (Å²) in [5, 5.41) is 2.76. The SMILES string of the molecule is CCC(CC)C(C)NC(=O)NN. The first-order valence-electron chi connectivity index (χ1n) is 4.42. The zero-order valence-electron chi connectivity index (χ0n) is 8.05. The van der Waals surface area contributed by atoms with Gasteiger partial charge in [-0.15, -0.1) is 0 Å². The Morgan fingerprint density at radius 3 is 2.25 bits per heavy atom. The molecule has 0 aliphatic rings. The van der Waals surface area contributed by atoms with Gasteiger partial charge in [0.25, 0.3) is 0 Å². The molecule has 1 atom stereocenters. The lowest BCUT2D eigenvalue weighted by Gasteiger charge is -2.21. The second-order valence-corrected chi connectivity index (χ2v) is 2.98. The molecular formula is C8H19N3O. The fraction of sp³-hybridized carbons (Fsp3) is 0.875. The second-order valence-electron chi connectivity index (χ2n) is 2.98. The maximum atomic E-state index is 10.8. The number of carbonyl (C=O) groups is 1. The number of nitrogens with two attached hydrogens (primary N) is 1. The normalized spacial score (nSPS) is 12.8. The molecule has 4 heteroatoms. The van der Waals surface area contributed by atoms with Gasteiger partial charge in [-0.2, -0.15) is 0 Å².